The minimum absolute atomic E-state index is 0.340. The molecular weight excluding hydrogens is 270 g/mol. The number of urea groups is 1. The molecule has 0 aromatic heterocycles. The van der Waals surface area contributed by atoms with Crippen molar-refractivity contribution in [2.24, 2.45) is 0 Å². The van der Waals surface area contributed by atoms with Gasteiger partial charge in [0.1, 0.15) is 0 Å². The molecule has 114 valence electrons. The van der Waals surface area contributed by atoms with Crippen LogP contribution in [-0.2, 0) is 10.3 Å². The van der Waals surface area contributed by atoms with Gasteiger partial charge in [-0.05, 0) is 25.5 Å². The molecule has 1 atom stereocenters. The number of amides is 2. The summed E-state index contributed by atoms with van der Waals surface area (Å²) in [5.41, 5.74) is -0.878. The van der Waals surface area contributed by atoms with Crippen LogP contribution >= 0.6 is 0 Å². The Balaban J connectivity index is 2.16. The van der Waals surface area contributed by atoms with Gasteiger partial charge >= 0.3 is 12.0 Å². The highest BCUT2D eigenvalue weighted by atomic mass is 16.4. The van der Waals surface area contributed by atoms with E-state index in [-0.39, 0.29) is 6.03 Å². The highest BCUT2D eigenvalue weighted by molar-refractivity contribution is 5.87. The van der Waals surface area contributed by atoms with Gasteiger partial charge in [-0.1, -0.05) is 30.3 Å². The summed E-state index contributed by atoms with van der Waals surface area (Å²) in [7, 11) is 0. The lowest BCUT2D eigenvalue weighted by atomic mass is 9.92. The maximum Gasteiger partial charge on any atom is 0.333 e. The average molecular weight is 291 g/mol. The molecule has 1 unspecified atom stereocenters. The van der Waals surface area contributed by atoms with Crippen LogP contribution in [0.4, 0.5) is 4.79 Å². The zero-order valence-electron chi connectivity index (χ0n) is 12.1. The number of hydrogen-bond acceptors (Lipinski definition) is 3. The molecule has 1 saturated heterocycles. The van der Waals surface area contributed by atoms with Crippen LogP contribution in [0.2, 0.25) is 0 Å². The summed E-state index contributed by atoms with van der Waals surface area (Å²) < 4.78 is 0. The second kappa shape index (κ2) is 6.58. The van der Waals surface area contributed by atoms with E-state index >= 15 is 0 Å². The number of carbonyl (C=O) groups excluding carboxylic acids is 1. The van der Waals surface area contributed by atoms with Crippen LogP contribution in [0, 0.1) is 0 Å². The zero-order chi connectivity index (χ0) is 15.3. The first-order valence-electron chi connectivity index (χ1n) is 7.11. The van der Waals surface area contributed by atoms with Crippen molar-refractivity contribution in [2.45, 2.75) is 18.9 Å². The van der Waals surface area contributed by atoms with E-state index in [1.807, 2.05) is 6.07 Å². The molecule has 0 aliphatic carbocycles. The standard InChI is InChI=1S/C15H21N3O3/c1-15(13(19)20,12-6-3-2-4-7-12)17-14(21)18-10-5-8-16-9-11-18/h2-4,6-7,16H,5,8-11H2,1H3,(H,17,21)(H,19,20). The molecule has 1 aromatic carbocycles. The molecule has 1 heterocycles. The van der Waals surface area contributed by atoms with Crippen molar-refractivity contribution in [3.05, 3.63) is 35.9 Å². The van der Waals surface area contributed by atoms with E-state index in [2.05, 4.69) is 10.6 Å². The fourth-order valence-corrected chi connectivity index (χ4v) is 2.36. The van der Waals surface area contributed by atoms with Crippen molar-refractivity contribution in [1.29, 1.82) is 0 Å². The summed E-state index contributed by atoms with van der Waals surface area (Å²) >= 11 is 0. The van der Waals surface area contributed by atoms with Gasteiger partial charge in [0, 0.05) is 19.6 Å². The maximum atomic E-state index is 12.4. The van der Waals surface area contributed by atoms with Crippen molar-refractivity contribution < 1.29 is 14.7 Å². The van der Waals surface area contributed by atoms with E-state index in [1.54, 1.807) is 29.2 Å². The van der Waals surface area contributed by atoms with Crippen LogP contribution in [0.3, 0.4) is 0 Å². The molecule has 1 fully saturated rings. The number of nitrogens with one attached hydrogen (secondary N) is 2. The van der Waals surface area contributed by atoms with Crippen LogP contribution in [0.25, 0.3) is 0 Å². The largest absolute Gasteiger partial charge is 0.479 e. The Morgan fingerprint density at radius 1 is 1.24 bits per heavy atom. The lowest BCUT2D eigenvalue weighted by Crippen LogP contribution is -2.54. The summed E-state index contributed by atoms with van der Waals surface area (Å²) in [6.07, 6.45) is 0.864. The molecule has 0 spiro atoms. The van der Waals surface area contributed by atoms with Gasteiger partial charge in [0.05, 0.1) is 0 Å². The third-order valence-corrected chi connectivity index (χ3v) is 3.76. The van der Waals surface area contributed by atoms with E-state index < -0.39 is 11.5 Å². The van der Waals surface area contributed by atoms with Gasteiger partial charge in [-0.3, -0.25) is 0 Å². The van der Waals surface area contributed by atoms with Crippen LogP contribution in [-0.4, -0.2) is 48.2 Å². The minimum Gasteiger partial charge on any atom is -0.479 e. The minimum atomic E-state index is -1.43. The van der Waals surface area contributed by atoms with E-state index in [1.165, 1.54) is 6.92 Å². The Hall–Kier alpha value is -2.08. The van der Waals surface area contributed by atoms with E-state index in [4.69, 9.17) is 0 Å². The molecule has 6 heteroatoms. The van der Waals surface area contributed by atoms with Gasteiger partial charge in [0.15, 0.2) is 5.54 Å². The van der Waals surface area contributed by atoms with Crippen molar-refractivity contribution in [2.75, 3.05) is 26.2 Å². The van der Waals surface area contributed by atoms with Crippen molar-refractivity contribution in [1.82, 2.24) is 15.5 Å². The van der Waals surface area contributed by atoms with E-state index in [0.717, 1.165) is 19.5 Å². The molecule has 0 bridgehead atoms. The van der Waals surface area contributed by atoms with Crippen LogP contribution in [0.5, 0.6) is 0 Å². The van der Waals surface area contributed by atoms with Crippen molar-refractivity contribution in [3.8, 4) is 0 Å². The SMILES string of the molecule is CC(NC(=O)N1CCCNCC1)(C(=O)O)c1ccccc1. The monoisotopic (exact) mass is 291 g/mol. The number of carboxylic acids is 1. The molecule has 2 rings (SSSR count). The molecule has 0 saturated carbocycles. The molecule has 1 aliphatic heterocycles. The number of carbonyl (C=O) groups is 2. The van der Waals surface area contributed by atoms with Gasteiger partial charge in [0.2, 0.25) is 0 Å². The van der Waals surface area contributed by atoms with Gasteiger partial charge < -0.3 is 20.6 Å². The van der Waals surface area contributed by atoms with E-state index in [9.17, 15) is 14.7 Å². The molecule has 1 aromatic rings. The molecule has 21 heavy (non-hydrogen) atoms. The predicted molar refractivity (Wildman–Crippen MR) is 79.0 cm³/mol. The Labute approximate surface area is 124 Å². The average Bonchev–Trinajstić information content (AvgIpc) is 2.77. The quantitative estimate of drug-likeness (QED) is 0.776. The first-order valence-corrected chi connectivity index (χ1v) is 7.11. The molecule has 6 nitrogen and oxygen atoms in total. The Bertz CT molecular complexity index is 498. The van der Waals surface area contributed by atoms with Crippen LogP contribution < -0.4 is 10.6 Å². The summed E-state index contributed by atoms with van der Waals surface area (Å²) in [4.78, 5) is 25.7. The zero-order valence-corrected chi connectivity index (χ0v) is 12.1. The van der Waals surface area contributed by atoms with Crippen LogP contribution in [0.1, 0.15) is 18.9 Å². The molecule has 0 radical (unpaired) electrons. The molecule has 1 aliphatic rings. The fourth-order valence-electron chi connectivity index (χ4n) is 2.36. The number of benzene rings is 1. The lowest BCUT2D eigenvalue weighted by molar-refractivity contribution is -0.144. The lowest BCUT2D eigenvalue weighted by Gasteiger charge is -2.30. The van der Waals surface area contributed by atoms with Gasteiger partial charge in [-0.15, -0.1) is 0 Å². The summed E-state index contributed by atoms with van der Waals surface area (Å²) in [5.74, 6) is -1.07. The maximum absolute atomic E-state index is 12.4. The second-order valence-electron chi connectivity index (χ2n) is 5.32. The third kappa shape index (κ3) is 3.52. The summed E-state index contributed by atoms with van der Waals surface area (Å²) in [6, 6.07) is 8.41. The summed E-state index contributed by atoms with van der Waals surface area (Å²) in [6.45, 7) is 4.32. The first kappa shape index (κ1) is 15.3. The number of hydrogen-bond donors (Lipinski definition) is 3. The number of aliphatic carboxylic acids is 1. The molecule has 3 N–H and O–H groups in total. The van der Waals surface area contributed by atoms with E-state index in [0.29, 0.717) is 18.7 Å². The number of carboxylic acid groups (broad SMARTS) is 1. The second-order valence-corrected chi connectivity index (χ2v) is 5.32. The fraction of sp³-hybridized carbons (Fsp3) is 0.467. The van der Waals surface area contributed by atoms with Crippen molar-refractivity contribution in [3.63, 3.8) is 0 Å². The van der Waals surface area contributed by atoms with Crippen molar-refractivity contribution >= 4 is 12.0 Å². The first-order chi connectivity index (χ1) is 10.0. The summed E-state index contributed by atoms with van der Waals surface area (Å²) in [5, 5.41) is 15.4. The number of rotatable bonds is 3. The number of nitrogens with zero attached hydrogens (tertiary/aromatic N) is 1. The molecule has 2 amide bonds. The Kier molecular flexibility index (Phi) is 4.80. The Morgan fingerprint density at radius 3 is 2.62 bits per heavy atom. The highest BCUT2D eigenvalue weighted by Gasteiger charge is 2.37. The van der Waals surface area contributed by atoms with Gasteiger partial charge in [-0.2, -0.15) is 0 Å². The van der Waals surface area contributed by atoms with Gasteiger partial charge in [-0.25, -0.2) is 9.59 Å². The smallest absolute Gasteiger partial charge is 0.333 e. The van der Waals surface area contributed by atoms with Crippen LogP contribution in [0.15, 0.2) is 30.3 Å². The third-order valence-electron chi connectivity index (χ3n) is 3.76. The topological polar surface area (TPSA) is 81.7 Å². The Morgan fingerprint density at radius 2 is 1.95 bits per heavy atom. The molecular formula is C15H21N3O3. The normalized spacial score (nSPS) is 18.4. The highest BCUT2D eigenvalue weighted by Crippen LogP contribution is 2.21. The van der Waals surface area contributed by atoms with Gasteiger partial charge in [0.25, 0.3) is 0 Å². The predicted octanol–water partition coefficient (Wildman–Crippen LogP) is 0.991.